The van der Waals surface area contributed by atoms with Gasteiger partial charge in [-0.15, -0.1) is 0 Å². The van der Waals surface area contributed by atoms with Crippen LogP contribution in [0.2, 0.25) is 0 Å². The fraction of sp³-hybridized carbons (Fsp3) is 0.350. The number of nitrogens with one attached hydrogen (secondary N) is 1. The monoisotopic (exact) mass is 391 g/mol. The van der Waals surface area contributed by atoms with Gasteiger partial charge in [-0.25, -0.2) is 14.0 Å². The summed E-state index contributed by atoms with van der Waals surface area (Å²) < 4.78 is 28.3. The number of hydrogen-bond donors (Lipinski definition) is 1. The number of esters is 2. The number of hydrogen-bond acceptors (Lipinski definition) is 6. The molecule has 0 unspecified atom stereocenters. The number of carbonyl (C=O) groups is 3. The van der Waals surface area contributed by atoms with Crippen molar-refractivity contribution in [2.24, 2.45) is 0 Å². The number of Topliss-reactive ketones (excluding diaryl/α,β-unsaturated/α-hetero) is 1. The Morgan fingerprint density at radius 3 is 2.25 bits per heavy atom. The first-order chi connectivity index (χ1) is 13.2. The Labute approximate surface area is 161 Å². The predicted octanol–water partition coefficient (Wildman–Crippen LogP) is 3.14. The molecule has 1 N–H and O–H groups in total. The van der Waals surface area contributed by atoms with Crippen LogP contribution in [-0.4, -0.2) is 42.0 Å². The number of ketones is 1. The largest absolute Gasteiger partial charge is 0.479 e. The Morgan fingerprint density at radius 1 is 1.04 bits per heavy atom. The molecule has 0 spiro atoms. The molecule has 1 atom stereocenters. The minimum atomic E-state index is -1.00. The fourth-order valence-corrected chi connectivity index (χ4v) is 2.68. The molecule has 0 saturated carbocycles. The number of aromatic amines is 1. The van der Waals surface area contributed by atoms with Gasteiger partial charge in [0, 0.05) is 11.4 Å². The van der Waals surface area contributed by atoms with E-state index < -0.39 is 36.2 Å². The smallest absolute Gasteiger partial charge is 0.347 e. The van der Waals surface area contributed by atoms with Crippen LogP contribution >= 0.6 is 0 Å². The molecule has 2 rings (SSSR count). The first-order valence-corrected chi connectivity index (χ1v) is 8.72. The number of rotatable bonds is 8. The summed E-state index contributed by atoms with van der Waals surface area (Å²) in [5.74, 6) is -2.05. The van der Waals surface area contributed by atoms with Crippen molar-refractivity contribution in [3.8, 4) is 5.75 Å². The van der Waals surface area contributed by atoms with E-state index in [1.165, 1.54) is 31.2 Å². The number of ether oxygens (including phenoxy) is 3. The average molecular weight is 391 g/mol. The maximum Gasteiger partial charge on any atom is 0.347 e. The lowest BCUT2D eigenvalue weighted by Gasteiger charge is -2.14. The third-order valence-corrected chi connectivity index (χ3v) is 3.94. The first-order valence-electron chi connectivity index (χ1n) is 8.72. The molecule has 0 aliphatic heterocycles. The van der Waals surface area contributed by atoms with Gasteiger partial charge < -0.3 is 19.2 Å². The summed E-state index contributed by atoms with van der Waals surface area (Å²) in [6, 6.07) is 5.15. The summed E-state index contributed by atoms with van der Waals surface area (Å²) >= 11 is 0. The van der Waals surface area contributed by atoms with Gasteiger partial charge in [-0.3, -0.25) is 4.79 Å². The minimum absolute atomic E-state index is 0.135. The summed E-state index contributed by atoms with van der Waals surface area (Å²) in [4.78, 5) is 39.7. The lowest BCUT2D eigenvalue weighted by Crippen LogP contribution is -2.28. The van der Waals surface area contributed by atoms with Crippen molar-refractivity contribution in [2.45, 2.75) is 33.8 Å². The van der Waals surface area contributed by atoms with Crippen molar-refractivity contribution >= 4 is 17.7 Å². The second kappa shape index (κ2) is 9.16. The maximum absolute atomic E-state index is 12.9. The third kappa shape index (κ3) is 4.97. The number of carbonyl (C=O) groups excluding carboxylic acids is 3. The molecule has 7 nitrogen and oxygen atoms in total. The SMILES string of the molecule is CCOC(=O)c1c(C)[nH]c(C)c1C(=O)COC(=O)[C@H](C)Oc1ccc(F)cc1. The summed E-state index contributed by atoms with van der Waals surface area (Å²) in [7, 11) is 0. The summed E-state index contributed by atoms with van der Waals surface area (Å²) in [5.41, 5.74) is 1.25. The number of H-pyrrole nitrogens is 1. The number of aromatic nitrogens is 1. The molecule has 8 heteroatoms. The fourth-order valence-electron chi connectivity index (χ4n) is 2.68. The molecular weight excluding hydrogens is 369 g/mol. The molecular formula is C20H22FNO6. The van der Waals surface area contributed by atoms with Crippen LogP contribution in [0.5, 0.6) is 5.75 Å². The van der Waals surface area contributed by atoms with Crippen molar-refractivity contribution in [2.75, 3.05) is 13.2 Å². The zero-order valence-electron chi connectivity index (χ0n) is 16.1. The number of aryl methyl sites for hydroxylation is 2. The van der Waals surface area contributed by atoms with Crippen LogP contribution in [0.3, 0.4) is 0 Å². The van der Waals surface area contributed by atoms with Crippen molar-refractivity contribution in [3.63, 3.8) is 0 Å². The molecule has 0 fully saturated rings. The van der Waals surface area contributed by atoms with Crippen LogP contribution in [0, 0.1) is 19.7 Å². The number of benzene rings is 1. The van der Waals surface area contributed by atoms with E-state index in [1.54, 1.807) is 20.8 Å². The van der Waals surface area contributed by atoms with E-state index in [4.69, 9.17) is 14.2 Å². The van der Waals surface area contributed by atoms with Crippen molar-refractivity contribution in [3.05, 3.63) is 52.6 Å². The third-order valence-electron chi connectivity index (χ3n) is 3.94. The maximum atomic E-state index is 12.9. The Balaban J connectivity index is 2.02. The van der Waals surface area contributed by atoms with Gasteiger partial charge in [-0.05, 0) is 52.0 Å². The van der Waals surface area contributed by atoms with E-state index in [2.05, 4.69) is 4.98 Å². The highest BCUT2D eigenvalue weighted by molar-refractivity contribution is 6.09. The van der Waals surface area contributed by atoms with Crippen LogP contribution in [-0.2, 0) is 14.3 Å². The van der Waals surface area contributed by atoms with E-state index >= 15 is 0 Å². The second-order valence-electron chi connectivity index (χ2n) is 6.09. The van der Waals surface area contributed by atoms with Crippen LogP contribution < -0.4 is 4.74 Å². The molecule has 1 heterocycles. The first kappa shape index (κ1) is 21.1. The van der Waals surface area contributed by atoms with Crippen LogP contribution in [0.25, 0.3) is 0 Å². The molecule has 28 heavy (non-hydrogen) atoms. The molecule has 1 aromatic carbocycles. The second-order valence-corrected chi connectivity index (χ2v) is 6.09. The molecule has 0 saturated heterocycles. The highest BCUT2D eigenvalue weighted by Crippen LogP contribution is 2.20. The lowest BCUT2D eigenvalue weighted by molar-refractivity contribution is -0.149. The van der Waals surface area contributed by atoms with Crippen molar-refractivity contribution in [1.29, 1.82) is 0 Å². The Kier molecular flexibility index (Phi) is 6.92. The molecule has 0 aliphatic carbocycles. The quantitative estimate of drug-likeness (QED) is 0.549. The Bertz CT molecular complexity index is 872. The molecule has 150 valence electrons. The zero-order chi connectivity index (χ0) is 20.8. The number of halogens is 1. The standard InChI is InChI=1S/C20H22FNO6/c1-5-26-20(25)18-12(3)22-11(2)17(18)16(23)10-27-19(24)13(4)28-15-8-6-14(21)7-9-15/h6-9,13,22H,5,10H2,1-4H3/t13-/m0/s1. The highest BCUT2D eigenvalue weighted by Gasteiger charge is 2.27. The molecule has 2 aromatic rings. The van der Waals surface area contributed by atoms with Gasteiger partial charge in [0.05, 0.1) is 17.7 Å². The average Bonchev–Trinajstić information content (AvgIpc) is 2.95. The summed E-state index contributed by atoms with van der Waals surface area (Å²) in [6.07, 6.45) is -1.00. The van der Waals surface area contributed by atoms with Gasteiger partial charge in [0.1, 0.15) is 11.6 Å². The van der Waals surface area contributed by atoms with Gasteiger partial charge in [-0.1, -0.05) is 0 Å². The topological polar surface area (TPSA) is 94.7 Å². The van der Waals surface area contributed by atoms with Gasteiger partial charge in [0.15, 0.2) is 12.7 Å². The van der Waals surface area contributed by atoms with Gasteiger partial charge in [0.25, 0.3) is 0 Å². The molecule has 0 radical (unpaired) electrons. The predicted molar refractivity (Wildman–Crippen MR) is 98.0 cm³/mol. The van der Waals surface area contributed by atoms with E-state index in [0.29, 0.717) is 17.1 Å². The van der Waals surface area contributed by atoms with Crippen LogP contribution in [0.1, 0.15) is 46.0 Å². The van der Waals surface area contributed by atoms with Crippen molar-refractivity contribution in [1.82, 2.24) is 4.98 Å². The molecule has 1 aromatic heterocycles. The van der Waals surface area contributed by atoms with E-state index in [1.807, 2.05) is 0 Å². The lowest BCUT2D eigenvalue weighted by atomic mass is 10.1. The van der Waals surface area contributed by atoms with Crippen LogP contribution in [0.15, 0.2) is 24.3 Å². The minimum Gasteiger partial charge on any atom is -0.479 e. The Morgan fingerprint density at radius 2 is 1.64 bits per heavy atom. The van der Waals surface area contributed by atoms with Gasteiger partial charge in [-0.2, -0.15) is 0 Å². The van der Waals surface area contributed by atoms with Crippen molar-refractivity contribution < 1.29 is 33.0 Å². The van der Waals surface area contributed by atoms with Gasteiger partial charge >= 0.3 is 11.9 Å². The van der Waals surface area contributed by atoms with E-state index in [0.717, 1.165) is 0 Å². The molecule has 0 aliphatic rings. The van der Waals surface area contributed by atoms with Gasteiger partial charge in [0.2, 0.25) is 5.78 Å². The summed E-state index contributed by atoms with van der Waals surface area (Å²) in [5, 5.41) is 0. The van der Waals surface area contributed by atoms with E-state index in [-0.39, 0.29) is 17.7 Å². The molecule has 0 amide bonds. The molecule has 0 bridgehead atoms. The van der Waals surface area contributed by atoms with Crippen LogP contribution in [0.4, 0.5) is 4.39 Å². The highest BCUT2D eigenvalue weighted by atomic mass is 19.1. The summed E-state index contributed by atoms with van der Waals surface area (Å²) in [6.45, 7) is 6.03. The van der Waals surface area contributed by atoms with E-state index in [9.17, 15) is 18.8 Å². The zero-order valence-corrected chi connectivity index (χ0v) is 16.1. The Hall–Kier alpha value is -3.16. The normalized spacial score (nSPS) is 11.6.